The van der Waals surface area contributed by atoms with Crippen molar-refractivity contribution in [1.82, 2.24) is 15.5 Å². The fourth-order valence-corrected chi connectivity index (χ4v) is 4.90. The molecule has 0 saturated heterocycles. The molecule has 0 spiro atoms. The van der Waals surface area contributed by atoms with Gasteiger partial charge in [0.1, 0.15) is 0 Å². The Morgan fingerprint density at radius 2 is 1.91 bits per heavy atom. The van der Waals surface area contributed by atoms with E-state index in [1.54, 1.807) is 30.3 Å². The molecular weight excluding hydrogens is 424 g/mol. The quantitative estimate of drug-likeness (QED) is 0.443. The number of fused-ring (bicyclic) bond motifs is 2. The lowest BCUT2D eigenvalue weighted by Crippen LogP contribution is -2.30. The fourth-order valence-electron chi connectivity index (χ4n) is 4.34. The third kappa shape index (κ3) is 3.79. The van der Waals surface area contributed by atoms with Crippen LogP contribution in [-0.4, -0.2) is 24.5 Å². The number of hydrogen-bond donors (Lipinski definition) is 3. The number of aromatic nitrogens is 2. The smallest absolute Gasteiger partial charge is 0.251 e. The van der Waals surface area contributed by atoms with E-state index in [-0.39, 0.29) is 16.8 Å². The Labute approximate surface area is 185 Å². The number of sulfonamides is 1. The van der Waals surface area contributed by atoms with Crippen LogP contribution in [0.25, 0.3) is 22.2 Å². The summed E-state index contributed by atoms with van der Waals surface area (Å²) >= 11 is 0. The van der Waals surface area contributed by atoms with Gasteiger partial charge in [-0.3, -0.25) is 9.89 Å². The van der Waals surface area contributed by atoms with Crippen molar-refractivity contribution in [3.05, 3.63) is 83.4 Å². The van der Waals surface area contributed by atoms with Gasteiger partial charge < -0.3 is 5.32 Å². The molecule has 0 aliphatic heterocycles. The monoisotopic (exact) mass is 446 g/mol. The molecule has 7 nitrogen and oxygen atoms in total. The molecule has 0 fully saturated rings. The highest BCUT2D eigenvalue weighted by molar-refractivity contribution is 7.89. The lowest BCUT2D eigenvalue weighted by molar-refractivity contribution is 0.0933. The fraction of sp³-hybridized carbons (Fsp3) is 0.167. The van der Waals surface area contributed by atoms with Crippen LogP contribution in [0.5, 0.6) is 0 Å². The number of primary sulfonamides is 1. The predicted molar refractivity (Wildman–Crippen MR) is 122 cm³/mol. The normalized spacial score (nSPS) is 16.0. The molecule has 0 bridgehead atoms. The third-order valence-electron chi connectivity index (χ3n) is 5.94. The molecule has 3 aromatic carbocycles. The van der Waals surface area contributed by atoms with E-state index in [4.69, 9.17) is 5.14 Å². The van der Waals surface area contributed by atoms with E-state index in [0.29, 0.717) is 16.8 Å². The molecule has 1 aliphatic carbocycles. The molecule has 5 rings (SSSR count). The summed E-state index contributed by atoms with van der Waals surface area (Å²) in [5.74, 6) is -0.154. The first kappa shape index (κ1) is 20.4. The molecule has 4 aromatic rings. The minimum absolute atomic E-state index is 0.0102. The van der Waals surface area contributed by atoms with Gasteiger partial charge in [0.05, 0.1) is 22.1 Å². The van der Waals surface area contributed by atoms with Crippen molar-refractivity contribution in [3.63, 3.8) is 0 Å². The lowest BCUT2D eigenvalue weighted by atomic mass is 9.87. The first-order valence-electron chi connectivity index (χ1n) is 10.4. The SMILES string of the molecule is NS(=O)(=O)c1cccc(-c2n[nH]c3ccc(C(=O)N[C@H]4CCCc5ccccc54)cc23)c1. The number of benzene rings is 3. The maximum atomic E-state index is 13.1. The van der Waals surface area contributed by atoms with Crippen LogP contribution in [0.1, 0.15) is 40.4 Å². The van der Waals surface area contributed by atoms with Gasteiger partial charge in [0.25, 0.3) is 5.91 Å². The Kier molecular flexibility index (Phi) is 5.03. The molecule has 1 amide bonds. The van der Waals surface area contributed by atoms with Gasteiger partial charge in [-0.1, -0.05) is 36.4 Å². The molecule has 0 saturated carbocycles. The van der Waals surface area contributed by atoms with Crippen LogP contribution >= 0.6 is 0 Å². The largest absolute Gasteiger partial charge is 0.345 e. The number of nitrogens with two attached hydrogens (primary N) is 1. The van der Waals surface area contributed by atoms with Crippen molar-refractivity contribution in [2.24, 2.45) is 5.14 Å². The summed E-state index contributed by atoms with van der Waals surface area (Å²) in [6.45, 7) is 0. The van der Waals surface area contributed by atoms with Crippen LogP contribution in [0.2, 0.25) is 0 Å². The van der Waals surface area contributed by atoms with Gasteiger partial charge in [0, 0.05) is 16.5 Å². The van der Waals surface area contributed by atoms with Crippen LogP contribution in [0.4, 0.5) is 0 Å². The number of rotatable bonds is 4. The molecule has 0 unspecified atom stereocenters. The van der Waals surface area contributed by atoms with Crippen molar-refractivity contribution >= 4 is 26.8 Å². The van der Waals surface area contributed by atoms with Crippen molar-refractivity contribution in [1.29, 1.82) is 0 Å². The van der Waals surface area contributed by atoms with E-state index in [9.17, 15) is 13.2 Å². The highest BCUT2D eigenvalue weighted by Crippen LogP contribution is 2.31. The Morgan fingerprint density at radius 1 is 1.06 bits per heavy atom. The van der Waals surface area contributed by atoms with Gasteiger partial charge in [0.15, 0.2) is 0 Å². The summed E-state index contributed by atoms with van der Waals surface area (Å²) in [5, 5.41) is 16.5. The molecule has 1 aromatic heterocycles. The molecule has 32 heavy (non-hydrogen) atoms. The number of nitrogens with one attached hydrogen (secondary N) is 2. The molecule has 1 aliphatic rings. The molecule has 0 radical (unpaired) electrons. The number of carbonyl (C=O) groups is 1. The first-order valence-corrected chi connectivity index (χ1v) is 11.9. The van der Waals surface area contributed by atoms with Crippen LogP contribution < -0.4 is 10.5 Å². The number of carbonyl (C=O) groups excluding carboxylic acids is 1. The van der Waals surface area contributed by atoms with Crippen molar-refractivity contribution in [2.45, 2.75) is 30.2 Å². The maximum absolute atomic E-state index is 13.1. The predicted octanol–water partition coefficient (Wildman–Crippen LogP) is 3.68. The summed E-state index contributed by atoms with van der Waals surface area (Å²) < 4.78 is 23.5. The van der Waals surface area contributed by atoms with Gasteiger partial charge in [-0.25, -0.2) is 13.6 Å². The Hall–Kier alpha value is -3.49. The minimum atomic E-state index is -3.83. The number of hydrogen-bond acceptors (Lipinski definition) is 4. The average molecular weight is 447 g/mol. The molecule has 1 heterocycles. The third-order valence-corrected chi connectivity index (χ3v) is 6.85. The zero-order valence-electron chi connectivity index (χ0n) is 17.2. The minimum Gasteiger partial charge on any atom is -0.345 e. The molecule has 162 valence electrons. The Balaban J connectivity index is 1.48. The molecule has 8 heteroatoms. The molecule has 1 atom stereocenters. The van der Waals surface area contributed by atoms with Crippen molar-refractivity contribution < 1.29 is 13.2 Å². The second-order valence-electron chi connectivity index (χ2n) is 8.02. The van der Waals surface area contributed by atoms with Crippen LogP contribution in [0, 0.1) is 0 Å². The first-order chi connectivity index (χ1) is 15.4. The number of amides is 1. The molecule has 4 N–H and O–H groups in total. The van der Waals surface area contributed by atoms with E-state index < -0.39 is 10.0 Å². The van der Waals surface area contributed by atoms with Crippen LogP contribution in [0.3, 0.4) is 0 Å². The van der Waals surface area contributed by atoms with E-state index in [1.165, 1.54) is 23.3 Å². The summed E-state index contributed by atoms with van der Waals surface area (Å²) in [7, 11) is -3.83. The topological polar surface area (TPSA) is 118 Å². The van der Waals surface area contributed by atoms with Crippen LogP contribution in [-0.2, 0) is 16.4 Å². The van der Waals surface area contributed by atoms with Gasteiger partial charge in [0.2, 0.25) is 10.0 Å². The number of aryl methyl sites for hydroxylation is 1. The van der Waals surface area contributed by atoms with Gasteiger partial charge in [-0.05, 0) is 60.7 Å². The number of H-pyrrole nitrogens is 1. The zero-order chi connectivity index (χ0) is 22.3. The maximum Gasteiger partial charge on any atom is 0.251 e. The highest BCUT2D eigenvalue weighted by Gasteiger charge is 2.22. The van der Waals surface area contributed by atoms with Crippen molar-refractivity contribution in [2.75, 3.05) is 0 Å². The van der Waals surface area contributed by atoms with E-state index in [1.807, 2.05) is 12.1 Å². The number of aromatic amines is 1. The Bertz CT molecular complexity index is 1440. The summed E-state index contributed by atoms with van der Waals surface area (Å²) in [6.07, 6.45) is 2.97. The number of nitrogens with zero attached hydrogens (tertiary/aromatic N) is 1. The van der Waals surface area contributed by atoms with E-state index >= 15 is 0 Å². The highest BCUT2D eigenvalue weighted by atomic mass is 32.2. The van der Waals surface area contributed by atoms with E-state index in [0.717, 1.165) is 30.2 Å². The lowest BCUT2D eigenvalue weighted by Gasteiger charge is -2.26. The van der Waals surface area contributed by atoms with Gasteiger partial charge >= 0.3 is 0 Å². The summed E-state index contributed by atoms with van der Waals surface area (Å²) in [6, 6.07) is 19.9. The summed E-state index contributed by atoms with van der Waals surface area (Å²) in [5.41, 5.74) is 4.89. The zero-order valence-corrected chi connectivity index (χ0v) is 18.0. The second-order valence-corrected chi connectivity index (χ2v) is 9.58. The Morgan fingerprint density at radius 3 is 2.75 bits per heavy atom. The van der Waals surface area contributed by atoms with Crippen LogP contribution in [0.15, 0.2) is 71.6 Å². The average Bonchev–Trinajstić information content (AvgIpc) is 3.22. The summed E-state index contributed by atoms with van der Waals surface area (Å²) in [4.78, 5) is 13.1. The van der Waals surface area contributed by atoms with Crippen molar-refractivity contribution in [3.8, 4) is 11.3 Å². The standard InChI is InChI=1S/C24H22N4O3S/c25-32(30,31)18-8-3-7-16(13-18)23-20-14-17(11-12-22(20)27-28-23)24(29)26-21-10-4-6-15-5-1-2-9-19(15)21/h1-3,5,7-9,11-14,21H,4,6,10H2,(H,26,29)(H,27,28)(H2,25,30,31)/t21-/m0/s1. The van der Waals surface area contributed by atoms with Gasteiger partial charge in [-0.15, -0.1) is 0 Å². The second kappa shape index (κ2) is 7.89. The van der Waals surface area contributed by atoms with Gasteiger partial charge in [-0.2, -0.15) is 5.10 Å². The molecular formula is C24H22N4O3S. The van der Waals surface area contributed by atoms with E-state index in [2.05, 4.69) is 27.6 Å².